The first-order chi connectivity index (χ1) is 8.75. The maximum atomic E-state index is 3.44. The minimum Gasteiger partial charge on any atom is -0.310 e. The van der Waals surface area contributed by atoms with Crippen LogP contribution in [-0.2, 0) is 13.0 Å². The molecule has 0 aliphatic carbocycles. The highest BCUT2D eigenvalue weighted by Crippen LogP contribution is 2.15. The predicted molar refractivity (Wildman–Crippen MR) is 80.6 cm³/mol. The molecule has 1 aliphatic heterocycles. The van der Waals surface area contributed by atoms with E-state index < -0.39 is 0 Å². The van der Waals surface area contributed by atoms with Gasteiger partial charge in [-0.1, -0.05) is 58.4 Å². The van der Waals surface area contributed by atoms with Gasteiger partial charge in [0.05, 0.1) is 0 Å². The molecule has 0 saturated carbocycles. The molecule has 0 unspecified atom stereocenters. The van der Waals surface area contributed by atoms with E-state index in [0.717, 1.165) is 11.0 Å². The van der Waals surface area contributed by atoms with Crippen LogP contribution in [-0.4, -0.2) is 6.04 Å². The Labute approximate surface area is 117 Å². The lowest BCUT2D eigenvalue weighted by atomic mass is 9.97. The van der Waals surface area contributed by atoms with Crippen molar-refractivity contribution >= 4 is 15.9 Å². The lowest BCUT2D eigenvalue weighted by Crippen LogP contribution is -2.32. The standard InChI is InChI=1S/C10H13N.C6H5Br/c1-8-6-9-4-2-3-5-10(9)7-11-8;7-6-4-2-1-3-5-6/h2-5,8,11H,6-7H2,1H3;1-5H/t8-;/m0./s1. The van der Waals surface area contributed by atoms with Crippen molar-refractivity contribution in [3.63, 3.8) is 0 Å². The van der Waals surface area contributed by atoms with Crippen molar-refractivity contribution in [2.75, 3.05) is 0 Å². The van der Waals surface area contributed by atoms with E-state index in [9.17, 15) is 0 Å². The monoisotopic (exact) mass is 303 g/mol. The molecule has 0 radical (unpaired) electrons. The van der Waals surface area contributed by atoms with Crippen molar-refractivity contribution in [2.45, 2.75) is 25.9 Å². The minimum absolute atomic E-state index is 0.643. The van der Waals surface area contributed by atoms with E-state index in [-0.39, 0.29) is 0 Å². The van der Waals surface area contributed by atoms with Gasteiger partial charge in [-0.15, -0.1) is 0 Å². The summed E-state index contributed by atoms with van der Waals surface area (Å²) >= 11 is 3.31. The number of benzene rings is 2. The molecular weight excluding hydrogens is 286 g/mol. The predicted octanol–water partition coefficient (Wildman–Crippen LogP) is 4.17. The Bertz CT molecular complexity index is 481. The van der Waals surface area contributed by atoms with E-state index in [1.165, 1.54) is 17.5 Å². The molecule has 1 atom stereocenters. The first kappa shape index (κ1) is 13.3. The summed E-state index contributed by atoms with van der Waals surface area (Å²) in [5.74, 6) is 0. The molecule has 2 aromatic carbocycles. The first-order valence-corrected chi connectivity index (χ1v) is 7.05. The summed E-state index contributed by atoms with van der Waals surface area (Å²) in [5, 5.41) is 3.44. The van der Waals surface area contributed by atoms with Gasteiger partial charge in [0.15, 0.2) is 0 Å². The third-order valence-electron chi connectivity index (χ3n) is 3.02. The summed E-state index contributed by atoms with van der Waals surface area (Å²) in [5.41, 5.74) is 2.98. The van der Waals surface area contributed by atoms with E-state index >= 15 is 0 Å². The van der Waals surface area contributed by atoms with E-state index in [1.54, 1.807) is 0 Å². The number of hydrogen-bond donors (Lipinski definition) is 1. The van der Waals surface area contributed by atoms with Crippen LogP contribution in [0.4, 0.5) is 0 Å². The van der Waals surface area contributed by atoms with Crippen LogP contribution in [0.25, 0.3) is 0 Å². The van der Waals surface area contributed by atoms with Gasteiger partial charge in [0.1, 0.15) is 0 Å². The summed E-state index contributed by atoms with van der Waals surface area (Å²) in [6.07, 6.45) is 1.18. The van der Waals surface area contributed by atoms with Crippen LogP contribution in [0.5, 0.6) is 0 Å². The highest BCUT2D eigenvalue weighted by molar-refractivity contribution is 9.10. The van der Waals surface area contributed by atoms with Crippen molar-refractivity contribution in [2.24, 2.45) is 0 Å². The fourth-order valence-electron chi connectivity index (χ4n) is 2.03. The average molecular weight is 304 g/mol. The van der Waals surface area contributed by atoms with Gasteiger partial charge in [-0.05, 0) is 36.6 Å². The van der Waals surface area contributed by atoms with Crippen molar-refractivity contribution in [1.82, 2.24) is 5.32 Å². The zero-order chi connectivity index (χ0) is 12.8. The van der Waals surface area contributed by atoms with E-state index in [1.807, 2.05) is 30.3 Å². The van der Waals surface area contributed by atoms with E-state index in [2.05, 4.69) is 52.4 Å². The third kappa shape index (κ3) is 3.97. The summed E-state index contributed by atoms with van der Waals surface area (Å²) in [6, 6.07) is 19.3. The van der Waals surface area contributed by atoms with Crippen LogP contribution in [0.2, 0.25) is 0 Å². The second kappa shape index (κ2) is 6.72. The molecule has 0 aromatic heterocycles. The van der Waals surface area contributed by atoms with Gasteiger partial charge < -0.3 is 5.32 Å². The molecule has 0 saturated heterocycles. The molecule has 0 amide bonds. The van der Waals surface area contributed by atoms with Gasteiger partial charge in [-0.2, -0.15) is 0 Å². The molecular formula is C16H18BrN. The number of nitrogens with one attached hydrogen (secondary N) is 1. The minimum atomic E-state index is 0.643. The van der Waals surface area contributed by atoms with Crippen molar-refractivity contribution in [3.8, 4) is 0 Å². The average Bonchev–Trinajstić information content (AvgIpc) is 2.40. The van der Waals surface area contributed by atoms with Crippen LogP contribution < -0.4 is 5.32 Å². The van der Waals surface area contributed by atoms with Gasteiger partial charge in [0.25, 0.3) is 0 Å². The van der Waals surface area contributed by atoms with Crippen LogP contribution >= 0.6 is 15.9 Å². The lowest BCUT2D eigenvalue weighted by Gasteiger charge is -2.22. The molecule has 0 bridgehead atoms. The Balaban J connectivity index is 0.000000149. The molecule has 3 rings (SSSR count). The third-order valence-corrected chi connectivity index (χ3v) is 3.55. The van der Waals surface area contributed by atoms with E-state index in [4.69, 9.17) is 0 Å². The fraction of sp³-hybridized carbons (Fsp3) is 0.250. The summed E-state index contributed by atoms with van der Waals surface area (Å²) < 4.78 is 1.13. The number of halogens is 1. The lowest BCUT2D eigenvalue weighted by molar-refractivity contribution is 0.513. The second-order valence-corrected chi connectivity index (χ2v) is 5.47. The van der Waals surface area contributed by atoms with Gasteiger partial charge in [-0.3, -0.25) is 0 Å². The molecule has 18 heavy (non-hydrogen) atoms. The SMILES string of the molecule is Brc1ccccc1.C[C@H]1Cc2ccccc2CN1. The van der Waals surface area contributed by atoms with E-state index in [0.29, 0.717) is 6.04 Å². The maximum absolute atomic E-state index is 3.44. The first-order valence-electron chi connectivity index (χ1n) is 6.26. The normalized spacial score (nSPS) is 17.3. The molecule has 2 heteroatoms. The summed E-state index contributed by atoms with van der Waals surface area (Å²) in [6.45, 7) is 3.27. The van der Waals surface area contributed by atoms with Gasteiger partial charge in [-0.25, -0.2) is 0 Å². The maximum Gasteiger partial charge on any atom is 0.0210 e. The van der Waals surface area contributed by atoms with Crippen LogP contribution in [0.15, 0.2) is 59.1 Å². The van der Waals surface area contributed by atoms with Crippen molar-refractivity contribution in [3.05, 3.63) is 70.2 Å². The Morgan fingerprint density at radius 1 is 0.944 bits per heavy atom. The molecule has 94 valence electrons. The molecule has 1 aliphatic rings. The summed E-state index contributed by atoms with van der Waals surface area (Å²) in [4.78, 5) is 0. The van der Waals surface area contributed by atoms with Gasteiger partial charge in [0.2, 0.25) is 0 Å². The Morgan fingerprint density at radius 2 is 1.56 bits per heavy atom. The molecule has 1 heterocycles. The van der Waals surface area contributed by atoms with Gasteiger partial charge in [0, 0.05) is 17.1 Å². The Morgan fingerprint density at radius 3 is 2.17 bits per heavy atom. The van der Waals surface area contributed by atoms with Crippen LogP contribution in [0, 0.1) is 0 Å². The molecule has 0 spiro atoms. The zero-order valence-electron chi connectivity index (χ0n) is 10.6. The van der Waals surface area contributed by atoms with Crippen LogP contribution in [0.1, 0.15) is 18.1 Å². The number of fused-ring (bicyclic) bond motifs is 1. The highest BCUT2D eigenvalue weighted by atomic mass is 79.9. The van der Waals surface area contributed by atoms with Crippen molar-refractivity contribution in [1.29, 1.82) is 0 Å². The quantitative estimate of drug-likeness (QED) is 0.770. The summed E-state index contributed by atoms with van der Waals surface area (Å²) in [7, 11) is 0. The molecule has 0 fully saturated rings. The number of rotatable bonds is 0. The fourth-order valence-corrected chi connectivity index (χ4v) is 2.34. The van der Waals surface area contributed by atoms with Gasteiger partial charge >= 0.3 is 0 Å². The second-order valence-electron chi connectivity index (χ2n) is 4.55. The zero-order valence-corrected chi connectivity index (χ0v) is 12.2. The Hall–Kier alpha value is -1.12. The topological polar surface area (TPSA) is 12.0 Å². The smallest absolute Gasteiger partial charge is 0.0210 e. The molecule has 2 aromatic rings. The highest BCUT2D eigenvalue weighted by Gasteiger charge is 2.12. The molecule has 1 N–H and O–H groups in total. The largest absolute Gasteiger partial charge is 0.310 e. The Kier molecular flexibility index (Phi) is 4.97. The van der Waals surface area contributed by atoms with Crippen molar-refractivity contribution < 1.29 is 0 Å². The molecule has 1 nitrogen and oxygen atoms in total. The van der Waals surface area contributed by atoms with Crippen LogP contribution in [0.3, 0.4) is 0 Å². The number of hydrogen-bond acceptors (Lipinski definition) is 1.